The van der Waals surface area contributed by atoms with Crippen LogP contribution < -0.4 is 5.73 Å². The summed E-state index contributed by atoms with van der Waals surface area (Å²) in [6.45, 7) is 2.54. The van der Waals surface area contributed by atoms with Crippen molar-refractivity contribution in [2.75, 3.05) is 6.54 Å². The SMILES string of the molecule is C[C@H](O)CCCCN. The van der Waals surface area contributed by atoms with Gasteiger partial charge in [0.15, 0.2) is 0 Å². The first-order valence-electron chi connectivity index (χ1n) is 3.15. The van der Waals surface area contributed by atoms with Crippen LogP contribution in [-0.2, 0) is 0 Å². The molecular weight excluding hydrogens is 102 g/mol. The van der Waals surface area contributed by atoms with Gasteiger partial charge in [0.1, 0.15) is 0 Å². The molecule has 2 nitrogen and oxygen atoms in total. The Labute approximate surface area is 50.7 Å². The summed E-state index contributed by atoms with van der Waals surface area (Å²) in [6, 6.07) is 0. The third-order valence-corrected chi connectivity index (χ3v) is 1.08. The molecular formula is C6H15NO. The van der Waals surface area contributed by atoms with E-state index in [1.165, 1.54) is 0 Å². The van der Waals surface area contributed by atoms with Crippen LogP contribution in [0.4, 0.5) is 0 Å². The fourth-order valence-electron chi connectivity index (χ4n) is 0.584. The second-order valence-electron chi connectivity index (χ2n) is 2.13. The summed E-state index contributed by atoms with van der Waals surface area (Å²) in [5.41, 5.74) is 5.23. The molecule has 0 fully saturated rings. The average Bonchev–Trinajstić information content (AvgIpc) is 1.66. The molecule has 0 aromatic rings. The van der Waals surface area contributed by atoms with E-state index in [4.69, 9.17) is 10.8 Å². The van der Waals surface area contributed by atoms with Gasteiger partial charge in [-0.3, -0.25) is 0 Å². The van der Waals surface area contributed by atoms with Crippen molar-refractivity contribution in [3.63, 3.8) is 0 Å². The van der Waals surface area contributed by atoms with E-state index in [1.54, 1.807) is 6.92 Å². The number of unbranched alkanes of at least 4 members (excludes halogenated alkanes) is 1. The topological polar surface area (TPSA) is 46.2 Å². The standard InChI is InChI=1S/C6H15NO/c1-6(8)4-2-3-5-7/h6,8H,2-5,7H2,1H3/t6-/m0/s1. The van der Waals surface area contributed by atoms with Crippen LogP contribution in [0.1, 0.15) is 26.2 Å². The monoisotopic (exact) mass is 117 g/mol. The number of rotatable bonds is 4. The quantitative estimate of drug-likeness (QED) is 0.526. The Kier molecular flexibility index (Phi) is 5.01. The van der Waals surface area contributed by atoms with Crippen molar-refractivity contribution in [3.8, 4) is 0 Å². The summed E-state index contributed by atoms with van der Waals surface area (Å²) in [5, 5.41) is 8.74. The lowest BCUT2D eigenvalue weighted by atomic mass is 10.2. The molecule has 0 heterocycles. The predicted octanol–water partition coefficient (Wildman–Crippen LogP) is 0.496. The van der Waals surface area contributed by atoms with Gasteiger partial charge < -0.3 is 10.8 Å². The number of hydrogen-bond acceptors (Lipinski definition) is 2. The van der Waals surface area contributed by atoms with Gasteiger partial charge >= 0.3 is 0 Å². The van der Waals surface area contributed by atoms with Crippen molar-refractivity contribution in [2.24, 2.45) is 5.73 Å². The Morgan fingerprint density at radius 2 is 2.12 bits per heavy atom. The molecule has 0 aliphatic heterocycles. The fourth-order valence-corrected chi connectivity index (χ4v) is 0.584. The van der Waals surface area contributed by atoms with Crippen LogP contribution in [0.3, 0.4) is 0 Å². The zero-order valence-electron chi connectivity index (χ0n) is 5.43. The highest BCUT2D eigenvalue weighted by Crippen LogP contribution is 1.97. The summed E-state index contributed by atoms with van der Waals surface area (Å²) < 4.78 is 0. The normalized spacial score (nSPS) is 13.9. The minimum absolute atomic E-state index is 0.151. The van der Waals surface area contributed by atoms with Crippen molar-refractivity contribution < 1.29 is 5.11 Å². The smallest absolute Gasteiger partial charge is 0.0512 e. The van der Waals surface area contributed by atoms with Crippen LogP contribution in [0, 0.1) is 0 Å². The second kappa shape index (κ2) is 5.06. The van der Waals surface area contributed by atoms with Crippen molar-refractivity contribution in [1.29, 1.82) is 0 Å². The maximum Gasteiger partial charge on any atom is 0.0512 e. The average molecular weight is 117 g/mol. The molecule has 0 unspecified atom stereocenters. The second-order valence-corrected chi connectivity index (χ2v) is 2.13. The highest BCUT2D eigenvalue weighted by atomic mass is 16.3. The molecule has 0 saturated heterocycles. The van der Waals surface area contributed by atoms with Crippen LogP contribution in [-0.4, -0.2) is 17.8 Å². The van der Waals surface area contributed by atoms with Gasteiger partial charge in [0.05, 0.1) is 6.10 Å². The van der Waals surface area contributed by atoms with Crippen LogP contribution in [0.2, 0.25) is 0 Å². The maximum atomic E-state index is 8.74. The van der Waals surface area contributed by atoms with E-state index >= 15 is 0 Å². The van der Waals surface area contributed by atoms with Crippen molar-refractivity contribution in [2.45, 2.75) is 32.3 Å². The number of nitrogens with two attached hydrogens (primary N) is 1. The van der Waals surface area contributed by atoms with Crippen LogP contribution in [0.15, 0.2) is 0 Å². The number of aliphatic hydroxyl groups is 1. The van der Waals surface area contributed by atoms with Crippen molar-refractivity contribution in [3.05, 3.63) is 0 Å². The highest BCUT2D eigenvalue weighted by molar-refractivity contribution is 4.47. The first-order chi connectivity index (χ1) is 3.77. The molecule has 0 saturated carbocycles. The Bertz CT molecular complexity index is 45.8. The van der Waals surface area contributed by atoms with Crippen LogP contribution in [0.5, 0.6) is 0 Å². The molecule has 1 atom stereocenters. The number of hydrogen-bond donors (Lipinski definition) is 2. The number of aliphatic hydroxyl groups excluding tert-OH is 1. The molecule has 2 heteroatoms. The molecule has 0 aliphatic carbocycles. The third kappa shape index (κ3) is 5.92. The molecule has 0 spiro atoms. The van der Waals surface area contributed by atoms with Gasteiger partial charge in [-0.2, -0.15) is 0 Å². The largest absolute Gasteiger partial charge is 0.393 e. The maximum absolute atomic E-state index is 8.74. The summed E-state index contributed by atoms with van der Waals surface area (Å²) in [4.78, 5) is 0. The van der Waals surface area contributed by atoms with E-state index in [9.17, 15) is 0 Å². The Morgan fingerprint density at radius 3 is 2.50 bits per heavy atom. The van der Waals surface area contributed by atoms with Gasteiger partial charge in [0.25, 0.3) is 0 Å². The molecule has 0 aromatic carbocycles. The van der Waals surface area contributed by atoms with E-state index in [2.05, 4.69) is 0 Å². The zero-order valence-corrected chi connectivity index (χ0v) is 5.43. The predicted molar refractivity (Wildman–Crippen MR) is 34.6 cm³/mol. The molecule has 3 N–H and O–H groups in total. The van der Waals surface area contributed by atoms with Gasteiger partial charge in [0, 0.05) is 0 Å². The first kappa shape index (κ1) is 7.92. The summed E-state index contributed by atoms with van der Waals surface area (Å²) >= 11 is 0. The van der Waals surface area contributed by atoms with Crippen molar-refractivity contribution in [1.82, 2.24) is 0 Å². The molecule has 0 radical (unpaired) electrons. The van der Waals surface area contributed by atoms with Gasteiger partial charge in [-0.25, -0.2) is 0 Å². The van der Waals surface area contributed by atoms with Gasteiger partial charge in [0.2, 0.25) is 0 Å². The minimum atomic E-state index is -0.151. The zero-order chi connectivity index (χ0) is 6.41. The van der Waals surface area contributed by atoms with E-state index in [-0.39, 0.29) is 6.10 Å². The van der Waals surface area contributed by atoms with E-state index in [0.29, 0.717) is 0 Å². The highest BCUT2D eigenvalue weighted by Gasteiger charge is 1.92. The Morgan fingerprint density at radius 1 is 1.50 bits per heavy atom. The molecule has 0 aromatic heterocycles. The van der Waals surface area contributed by atoms with Crippen LogP contribution in [0.25, 0.3) is 0 Å². The molecule has 0 amide bonds. The van der Waals surface area contributed by atoms with E-state index in [0.717, 1.165) is 25.8 Å². The fraction of sp³-hybridized carbons (Fsp3) is 1.00. The third-order valence-electron chi connectivity index (χ3n) is 1.08. The van der Waals surface area contributed by atoms with Gasteiger partial charge in [-0.05, 0) is 32.7 Å². The lowest BCUT2D eigenvalue weighted by molar-refractivity contribution is 0.181. The van der Waals surface area contributed by atoms with E-state index < -0.39 is 0 Å². The summed E-state index contributed by atoms with van der Waals surface area (Å²) in [7, 11) is 0. The Hall–Kier alpha value is -0.0800. The Balaban J connectivity index is 2.72. The lowest BCUT2D eigenvalue weighted by Crippen LogP contribution is -2.02. The molecule has 50 valence electrons. The summed E-state index contributed by atoms with van der Waals surface area (Å²) in [6.07, 6.45) is 2.82. The molecule has 0 bridgehead atoms. The van der Waals surface area contributed by atoms with Gasteiger partial charge in [-0.1, -0.05) is 0 Å². The van der Waals surface area contributed by atoms with Crippen LogP contribution >= 0.6 is 0 Å². The van der Waals surface area contributed by atoms with E-state index in [1.807, 2.05) is 0 Å². The first-order valence-corrected chi connectivity index (χ1v) is 3.15. The van der Waals surface area contributed by atoms with Gasteiger partial charge in [-0.15, -0.1) is 0 Å². The lowest BCUT2D eigenvalue weighted by Gasteiger charge is -2.00. The molecule has 0 aliphatic rings. The molecule has 8 heavy (non-hydrogen) atoms. The van der Waals surface area contributed by atoms with Crippen molar-refractivity contribution >= 4 is 0 Å². The summed E-state index contributed by atoms with van der Waals surface area (Å²) in [5.74, 6) is 0. The molecule has 0 rings (SSSR count). The minimum Gasteiger partial charge on any atom is -0.393 e.